The van der Waals surface area contributed by atoms with Crippen LogP contribution in [0, 0.1) is 11.8 Å². The molecule has 3 rings (SSSR count). The lowest BCUT2D eigenvalue weighted by Crippen LogP contribution is -2.26. The van der Waals surface area contributed by atoms with Gasteiger partial charge in [0.2, 0.25) is 0 Å². The van der Waals surface area contributed by atoms with Gasteiger partial charge >= 0.3 is 0 Å². The van der Waals surface area contributed by atoms with E-state index in [9.17, 15) is 0 Å². The first-order chi connectivity index (χ1) is 10.3. The van der Waals surface area contributed by atoms with Crippen LogP contribution < -0.4 is 5.32 Å². The minimum atomic E-state index is 0.526. The second-order valence-electron chi connectivity index (χ2n) is 6.28. The van der Waals surface area contributed by atoms with Crippen molar-refractivity contribution in [2.45, 2.75) is 45.6 Å². The minimum absolute atomic E-state index is 0.526. The first-order valence-corrected chi connectivity index (χ1v) is 8.52. The molecule has 1 aromatic heterocycles. The third-order valence-corrected chi connectivity index (χ3v) is 5.23. The standard InChI is InChI=1S/C18H24ClNO/c1-2-13-7-9-14(10-8-13)11-20-12-16-15-5-3-4-6-17(15)21-18(16)19/h3-6,13-14,20H,2,7-12H2,1H3. The highest BCUT2D eigenvalue weighted by Gasteiger charge is 2.20. The molecule has 1 fully saturated rings. The molecular weight excluding hydrogens is 282 g/mol. The van der Waals surface area contributed by atoms with Crippen molar-refractivity contribution >= 4 is 22.6 Å². The Morgan fingerprint density at radius 2 is 1.86 bits per heavy atom. The van der Waals surface area contributed by atoms with Crippen LogP contribution in [0.2, 0.25) is 5.22 Å². The summed E-state index contributed by atoms with van der Waals surface area (Å²) in [5.41, 5.74) is 1.97. The molecule has 1 aromatic carbocycles. The summed E-state index contributed by atoms with van der Waals surface area (Å²) >= 11 is 6.22. The van der Waals surface area contributed by atoms with E-state index in [-0.39, 0.29) is 0 Å². The number of nitrogens with one attached hydrogen (secondary N) is 1. The monoisotopic (exact) mass is 305 g/mol. The average molecular weight is 306 g/mol. The first-order valence-electron chi connectivity index (χ1n) is 8.14. The van der Waals surface area contributed by atoms with E-state index in [1.807, 2.05) is 18.2 Å². The Labute approximate surface area is 131 Å². The van der Waals surface area contributed by atoms with Gasteiger partial charge in [-0.05, 0) is 48.9 Å². The molecule has 114 valence electrons. The summed E-state index contributed by atoms with van der Waals surface area (Å²) in [6.45, 7) is 4.20. The lowest BCUT2D eigenvalue weighted by Gasteiger charge is -2.27. The molecule has 1 aliphatic rings. The third-order valence-electron chi connectivity index (χ3n) is 4.93. The van der Waals surface area contributed by atoms with Gasteiger partial charge in [0.15, 0.2) is 5.22 Å². The number of para-hydroxylation sites is 1. The molecule has 0 aliphatic heterocycles. The Morgan fingerprint density at radius 1 is 1.14 bits per heavy atom. The molecule has 0 radical (unpaired) electrons. The fraction of sp³-hybridized carbons (Fsp3) is 0.556. The van der Waals surface area contributed by atoms with Crippen molar-refractivity contribution in [3.63, 3.8) is 0 Å². The van der Waals surface area contributed by atoms with Crippen molar-refractivity contribution in [1.29, 1.82) is 0 Å². The van der Waals surface area contributed by atoms with Gasteiger partial charge in [-0.25, -0.2) is 0 Å². The zero-order chi connectivity index (χ0) is 14.7. The summed E-state index contributed by atoms with van der Waals surface area (Å²) in [6, 6.07) is 8.06. The molecule has 1 aliphatic carbocycles. The van der Waals surface area contributed by atoms with Crippen LogP contribution >= 0.6 is 11.6 Å². The molecule has 0 atom stereocenters. The zero-order valence-corrected chi connectivity index (χ0v) is 13.5. The maximum Gasteiger partial charge on any atom is 0.199 e. The van der Waals surface area contributed by atoms with Crippen molar-refractivity contribution in [1.82, 2.24) is 5.32 Å². The van der Waals surface area contributed by atoms with Gasteiger partial charge in [0, 0.05) is 17.5 Å². The van der Waals surface area contributed by atoms with Gasteiger partial charge in [0.05, 0.1) is 0 Å². The predicted molar refractivity (Wildman–Crippen MR) is 88.7 cm³/mol. The molecule has 1 saturated carbocycles. The highest BCUT2D eigenvalue weighted by atomic mass is 35.5. The largest absolute Gasteiger partial charge is 0.444 e. The van der Waals surface area contributed by atoms with Crippen LogP contribution in [0.3, 0.4) is 0 Å². The molecule has 0 unspecified atom stereocenters. The fourth-order valence-corrected chi connectivity index (χ4v) is 3.73. The lowest BCUT2D eigenvalue weighted by atomic mass is 9.81. The molecule has 1 heterocycles. The maximum absolute atomic E-state index is 6.22. The number of furan rings is 1. The third kappa shape index (κ3) is 3.44. The van der Waals surface area contributed by atoms with E-state index in [0.29, 0.717) is 5.22 Å². The minimum Gasteiger partial charge on any atom is -0.444 e. The van der Waals surface area contributed by atoms with Gasteiger partial charge in [-0.3, -0.25) is 0 Å². The Kier molecular flexibility index (Phi) is 4.87. The predicted octanol–water partition coefficient (Wildman–Crippen LogP) is 5.39. The lowest BCUT2D eigenvalue weighted by molar-refractivity contribution is 0.262. The van der Waals surface area contributed by atoms with Gasteiger partial charge in [-0.2, -0.15) is 0 Å². The Balaban J connectivity index is 1.54. The number of hydrogen-bond acceptors (Lipinski definition) is 2. The number of benzene rings is 1. The molecule has 0 saturated heterocycles. The molecule has 3 heteroatoms. The highest BCUT2D eigenvalue weighted by Crippen LogP contribution is 2.31. The van der Waals surface area contributed by atoms with E-state index in [1.54, 1.807) is 0 Å². The van der Waals surface area contributed by atoms with Crippen molar-refractivity contribution < 1.29 is 4.42 Å². The Hall–Kier alpha value is -0.990. The number of fused-ring (bicyclic) bond motifs is 1. The topological polar surface area (TPSA) is 25.2 Å². The van der Waals surface area contributed by atoms with Crippen LogP contribution in [0.25, 0.3) is 11.0 Å². The van der Waals surface area contributed by atoms with Crippen molar-refractivity contribution in [2.24, 2.45) is 11.8 Å². The first kappa shape index (κ1) is 14.9. The second-order valence-corrected chi connectivity index (χ2v) is 6.62. The summed E-state index contributed by atoms with van der Waals surface area (Å²) < 4.78 is 5.60. The average Bonchev–Trinajstić information content (AvgIpc) is 2.84. The van der Waals surface area contributed by atoms with Gasteiger partial charge in [0.25, 0.3) is 0 Å². The van der Waals surface area contributed by atoms with Crippen LogP contribution in [0.5, 0.6) is 0 Å². The van der Waals surface area contributed by atoms with Crippen molar-refractivity contribution in [3.8, 4) is 0 Å². The fourth-order valence-electron chi connectivity index (χ4n) is 3.48. The van der Waals surface area contributed by atoms with E-state index in [1.165, 1.54) is 32.1 Å². The number of rotatable bonds is 5. The van der Waals surface area contributed by atoms with Crippen LogP contribution in [-0.2, 0) is 6.54 Å². The molecular formula is C18H24ClNO. The van der Waals surface area contributed by atoms with E-state index < -0.39 is 0 Å². The Bertz CT molecular complexity index is 584. The molecule has 0 bridgehead atoms. The normalized spacial score (nSPS) is 22.8. The smallest absolute Gasteiger partial charge is 0.199 e. The van der Waals surface area contributed by atoms with E-state index in [0.717, 1.165) is 41.5 Å². The molecule has 2 nitrogen and oxygen atoms in total. The van der Waals surface area contributed by atoms with Crippen LogP contribution in [-0.4, -0.2) is 6.54 Å². The van der Waals surface area contributed by atoms with Crippen molar-refractivity contribution in [3.05, 3.63) is 35.0 Å². The SMILES string of the molecule is CCC1CCC(CNCc2c(Cl)oc3ccccc23)CC1. The number of halogens is 1. The van der Waals surface area contributed by atoms with E-state index >= 15 is 0 Å². The summed E-state index contributed by atoms with van der Waals surface area (Å²) in [7, 11) is 0. The second kappa shape index (κ2) is 6.85. The molecule has 2 aromatic rings. The molecule has 0 amide bonds. The highest BCUT2D eigenvalue weighted by molar-refractivity contribution is 6.30. The van der Waals surface area contributed by atoms with Crippen LogP contribution in [0.15, 0.2) is 28.7 Å². The number of hydrogen-bond donors (Lipinski definition) is 1. The molecule has 0 spiro atoms. The maximum atomic E-state index is 6.22. The summed E-state index contributed by atoms with van der Waals surface area (Å²) in [5, 5.41) is 5.23. The van der Waals surface area contributed by atoms with Gasteiger partial charge in [-0.15, -0.1) is 0 Å². The van der Waals surface area contributed by atoms with E-state index in [4.69, 9.17) is 16.0 Å². The zero-order valence-electron chi connectivity index (χ0n) is 12.7. The molecule has 1 N–H and O–H groups in total. The quantitative estimate of drug-likeness (QED) is 0.801. The summed E-state index contributed by atoms with van der Waals surface area (Å²) in [4.78, 5) is 0. The van der Waals surface area contributed by atoms with Crippen LogP contribution in [0.4, 0.5) is 0 Å². The summed E-state index contributed by atoms with van der Waals surface area (Å²) in [6.07, 6.45) is 6.88. The van der Waals surface area contributed by atoms with Crippen molar-refractivity contribution in [2.75, 3.05) is 6.54 Å². The van der Waals surface area contributed by atoms with Gasteiger partial charge < -0.3 is 9.73 Å². The van der Waals surface area contributed by atoms with Gasteiger partial charge in [0.1, 0.15) is 5.58 Å². The van der Waals surface area contributed by atoms with E-state index in [2.05, 4.69) is 18.3 Å². The summed E-state index contributed by atoms with van der Waals surface area (Å²) in [5.74, 6) is 1.79. The van der Waals surface area contributed by atoms with Gasteiger partial charge in [-0.1, -0.05) is 44.4 Å². The molecule has 21 heavy (non-hydrogen) atoms. The Morgan fingerprint density at radius 3 is 2.62 bits per heavy atom. The van der Waals surface area contributed by atoms with Crippen LogP contribution in [0.1, 0.15) is 44.6 Å².